The molecule has 1 heterocycles. The zero-order chi connectivity index (χ0) is 21.8. The second kappa shape index (κ2) is 9.76. The summed E-state index contributed by atoms with van der Waals surface area (Å²) >= 11 is 6.13. The van der Waals surface area contributed by atoms with Gasteiger partial charge in [-0.25, -0.2) is 0 Å². The number of benzene rings is 3. The Morgan fingerprint density at radius 1 is 1.00 bits per heavy atom. The van der Waals surface area contributed by atoms with Crippen molar-refractivity contribution in [1.82, 2.24) is 4.90 Å². The first-order valence-electron chi connectivity index (χ1n) is 11.0. The van der Waals surface area contributed by atoms with Gasteiger partial charge in [0.2, 0.25) is 0 Å². The van der Waals surface area contributed by atoms with Crippen LogP contribution in [0.3, 0.4) is 0 Å². The fourth-order valence-corrected chi connectivity index (χ4v) is 4.66. The van der Waals surface area contributed by atoms with Crippen molar-refractivity contribution >= 4 is 17.3 Å². The van der Waals surface area contributed by atoms with Gasteiger partial charge in [0.05, 0.1) is 5.02 Å². The molecule has 31 heavy (non-hydrogen) atoms. The molecule has 0 spiro atoms. The van der Waals surface area contributed by atoms with Crippen LogP contribution in [0.15, 0.2) is 66.7 Å². The lowest BCUT2D eigenvalue weighted by Crippen LogP contribution is -2.33. The van der Waals surface area contributed by atoms with Gasteiger partial charge in [0, 0.05) is 31.9 Å². The Hall–Kier alpha value is -2.49. The first-order chi connectivity index (χ1) is 15.0. The predicted molar refractivity (Wildman–Crippen MR) is 130 cm³/mol. The fraction of sp³-hybridized carbons (Fsp3) is 0.333. The molecular formula is C27H31ClN2O. The maximum absolute atomic E-state index is 10.0. The van der Waals surface area contributed by atoms with Gasteiger partial charge in [0.25, 0.3) is 0 Å². The minimum absolute atomic E-state index is 0.194. The fourth-order valence-electron chi connectivity index (χ4n) is 4.47. The Kier molecular flexibility index (Phi) is 6.84. The summed E-state index contributed by atoms with van der Waals surface area (Å²) in [6, 6.07) is 23.8. The van der Waals surface area contributed by atoms with Crippen LogP contribution >= 0.6 is 11.6 Å². The number of phenols is 1. The van der Waals surface area contributed by atoms with Crippen LogP contribution in [0.4, 0.5) is 5.69 Å². The Morgan fingerprint density at radius 3 is 2.45 bits per heavy atom. The summed E-state index contributed by atoms with van der Waals surface area (Å²) in [6.45, 7) is 1.92. The van der Waals surface area contributed by atoms with Crippen molar-refractivity contribution in [2.45, 2.75) is 38.3 Å². The van der Waals surface area contributed by atoms with Crippen LogP contribution in [-0.4, -0.2) is 36.7 Å². The van der Waals surface area contributed by atoms with Crippen molar-refractivity contribution in [2.75, 3.05) is 25.5 Å². The van der Waals surface area contributed by atoms with Gasteiger partial charge in [-0.15, -0.1) is 0 Å². The highest BCUT2D eigenvalue weighted by molar-refractivity contribution is 6.32. The lowest BCUT2D eigenvalue weighted by Gasteiger charge is -2.26. The molecule has 3 aromatic rings. The van der Waals surface area contributed by atoms with Crippen LogP contribution in [0, 0.1) is 0 Å². The van der Waals surface area contributed by atoms with Gasteiger partial charge in [-0.2, -0.15) is 0 Å². The predicted octanol–water partition coefficient (Wildman–Crippen LogP) is 5.71. The zero-order valence-corrected chi connectivity index (χ0v) is 19.1. The van der Waals surface area contributed by atoms with Crippen LogP contribution in [0.2, 0.25) is 5.02 Å². The van der Waals surface area contributed by atoms with E-state index < -0.39 is 0 Å². The summed E-state index contributed by atoms with van der Waals surface area (Å²) in [6.07, 6.45) is 4.09. The molecule has 1 atom stereocenters. The Bertz CT molecular complexity index is 1000. The molecule has 1 aliphatic rings. The molecule has 0 radical (unpaired) electrons. The van der Waals surface area contributed by atoms with Crippen molar-refractivity contribution in [2.24, 2.45) is 0 Å². The summed E-state index contributed by atoms with van der Waals surface area (Å²) in [7, 11) is 4.34. The van der Waals surface area contributed by atoms with Gasteiger partial charge in [-0.3, -0.25) is 0 Å². The molecular weight excluding hydrogens is 404 g/mol. The maximum Gasteiger partial charge on any atom is 0.134 e. The van der Waals surface area contributed by atoms with E-state index in [1.54, 1.807) is 0 Å². The molecule has 0 bridgehead atoms. The molecule has 4 heteroatoms. The first kappa shape index (κ1) is 21.7. The Balaban J connectivity index is 1.36. The standard InChI is InChI=1S/C27H31ClN2O/c1-29-15-14-22-17-26(28)27(31)18-23(22)16-25(29)13-12-20-8-10-21(11-9-20)19-30(2)24-6-4-3-5-7-24/h3-11,17-18,25,31H,12-16,19H2,1-2H3. The summed E-state index contributed by atoms with van der Waals surface area (Å²) in [5.74, 6) is 0.194. The number of hydrogen-bond acceptors (Lipinski definition) is 3. The van der Waals surface area contributed by atoms with Gasteiger partial charge >= 0.3 is 0 Å². The summed E-state index contributed by atoms with van der Waals surface area (Å²) < 4.78 is 0. The molecule has 0 aromatic heterocycles. The normalized spacial score (nSPS) is 16.5. The smallest absolute Gasteiger partial charge is 0.134 e. The van der Waals surface area contributed by atoms with Crippen LogP contribution in [0.1, 0.15) is 28.7 Å². The van der Waals surface area contributed by atoms with E-state index in [2.05, 4.69) is 72.4 Å². The van der Waals surface area contributed by atoms with Gasteiger partial charge < -0.3 is 14.9 Å². The first-order valence-corrected chi connectivity index (χ1v) is 11.4. The van der Waals surface area contributed by atoms with Crippen molar-refractivity contribution < 1.29 is 5.11 Å². The minimum Gasteiger partial charge on any atom is -0.506 e. The molecule has 4 rings (SSSR count). The Labute approximate surface area is 190 Å². The summed E-state index contributed by atoms with van der Waals surface area (Å²) in [5.41, 5.74) is 6.43. The third kappa shape index (κ3) is 5.41. The van der Waals surface area contributed by atoms with E-state index >= 15 is 0 Å². The van der Waals surface area contributed by atoms with Crippen molar-refractivity contribution in [3.05, 3.63) is 94.0 Å². The minimum atomic E-state index is 0.194. The number of fused-ring (bicyclic) bond motifs is 1. The zero-order valence-electron chi connectivity index (χ0n) is 18.4. The van der Waals surface area contributed by atoms with E-state index in [-0.39, 0.29) is 5.75 Å². The highest BCUT2D eigenvalue weighted by atomic mass is 35.5. The molecule has 1 unspecified atom stereocenters. The molecule has 0 saturated carbocycles. The lowest BCUT2D eigenvalue weighted by atomic mass is 9.96. The summed E-state index contributed by atoms with van der Waals surface area (Å²) in [5, 5.41) is 10.5. The average molecular weight is 435 g/mol. The van der Waals surface area contributed by atoms with Crippen molar-refractivity contribution in [3.63, 3.8) is 0 Å². The van der Waals surface area contributed by atoms with Crippen molar-refractivity contribution in [1.29, 1.82) is 0 Å². The average Bonchev–Trinajstić information content (AvgIpc) is 2.93. The van der Waals surface area contributed by atoms with Gasteiger partial charge in [-0.05, 0) is 79.3 Å². The molecule has 0 fully saturated rings. The second-order valence-corrected chi connectivity index (χ2v) is 9.11. The molecule has 0 saturated heterocycles. The number of aryl methyl sites for hydroxylation is 1. The Morgan fingerprint density at radius 2 is 1.71 bits per heavy atom. The second-order valence-electron chi connectivity index (χ2n) is 8.71. The largest absolute Gasteiger partial charge is 0.506 e. The number of likely N-dealkylation sites (N-methyl/N-ethyl adjacent to an activating group) is 1. The van der Waals surface area contributed by atoms with E-state index in [1.807, 2.05) is 18.2 Å². The molecule has 162 valence electrons. The maximum atomic E-state index is 10.0. The van der Waals surface area contributed by atoms with Crippen LogP contribution < -0.4 is 4.90 Å². The number of nitrogens with zero attached hydrogens (tertiary/aromatic N) is 2. The SMILES string of the molecule is CN(Cc1ccc(CCC2Cc3cc(O)c(Cl)cc3CCN2C)cc1)c1ccccc1. The molecule has 3 nitrogen and oxygen atoms in total. The monoisotopic (exact) mass is 434 g/mol. The highest BCUT2D eigenvalue weighted by Crippen LogP contribution is 2.31. The third-order valence-corrected chi connectivity index (χ3v) is 6.79. The van der Waals surface area contributed by atoms with Gasteiger partial charge in [-0.1, -0.05) is 54.1 Å². The van der Waals surface area contributed by atoms with Crippen molar-refractivity contribution in [3.8, 4) is 5.75 Å². The molecule has 0 amide bonds. The van der Waals surface area contributed by atoms with E-state index in [0.717, 1.165) is 38.8 Å². The molecule has 0 aliphatic carbocycles. The third-order valence-electron chi connectivity index (χ3n) is 6.49. The lowest BCUT2D eigenvalue weighted by molar-refractivity contribution is 0.238. The topological polar surface area (TPSA) is 26.7 Å². The van der Waals surface area contributed by atoms with E-state index in [9.17, 15) is 5.11 Å². The highest BCUT2D eigenvalue weighted by Gasteiger charge is 2.22. The van der Waals surface area contributed by atoms with Crippen LogP contribution in [-0.2, 0) is 25.8 Å². The van der Waals surface area contributed by atoms with Gasteiger partial charge in [0.1, 0.15) is 5.75 Å². The van der Waals surface area contributed by atoms with E-state index in [1.165, 1.54) is 27.9 Å². The quantitative estimate of drug-likeness (QED) is 0.538. The molecule has 1 N–H and O–H groups in total. The van der Waals surface area contributed by atoms with Crippen LogP contribution in [0.5, 0.6) is 5.75 Å². The number of anilines is 1. The number of para-hydroxylation sites is 1. The number of aromatic hydroxyl groups is 1. The number of halogens is 1. The number of rotatable bonds is 6. The van der Waals surface area contributed by atoms with Crippen LogP contribution in [0.25, 0.3) is 0 Å². The number of phenolic OH excluding ortho intramolecular Hbond substituents is 1. The summed E-state index contributed by atoms with van der Waals surface area (Å²) in [4.78, 5) is 4.72. The molecule has 1 aliphatic heterocycles. The molecule has 3 aromatic carbocycles. The number of hydrogen-bond donors (Lipinski definition) is 1. The van der Waals surface area contributed by atoms with Gasteiger partial charge in [0.15, 0.2) is 0 Å². The van der Waals surface area contributed by atoms with E-state index in [4.69, 9.17) is 11.6 Å². The van der Waals surface area contributed by atoms with E-state index in [0.29, 0.717) is 11.1 Å².